The third-order valence-electron chi connectivity index (χ3n) is 4.52. The van der Waals surface area contributed by atoms with Crippen molar-refractivity contribution in [1.29, 1.82) is 5.26 Å². The first-order valence-corrected chi connectivity index (χ1v) is 9.22. The second-order valence-corrected chi connectivity index (χ2v) is 7.41. The predicted octanol–water partition coefficient (Wildman–Crippen LogP) is 3.39. The number of hydrogen-bond donors (Lipinski definition) is 1. The molecule has 0 atom stereocenters. The molecule has 0 spiro atoms. The van der Waals surface area contributed by atoms with Crippen LogP contribution in [0.15, 0.2) is 17.4 Å². The number of halogens is 1. The zero-order valence-corrected chi connectivity index (χ0v) is 15.0. The number of rotatable bonds is 4. The number of hydrogen-bond acceptors (Lipinski definition) is 5. The lowest BCUT2D eigenvalue weighted by Crippen LogP contribution is -2.50. The fraction of sp³-hybridized carbons (Fsp3) is 0.500. The molecule has 8 heteroatoms. The third kappa shape index (κ3) is 3.35. The number of aromatic amines is 1. The van der Waals surface area contributed by atoms with E-state index >= 15 is 0 Å². The second kappa shape index (κ2) is 6.99. The number of imidazole rings is 1. The summed E-state index contributed by atoms with van der Waals surface area (Å²) < 4.78 is 0. The van der Waals surface area contributed by atoms with Crippen molar-refractivity contribution < 1.29 is 4.79 Å². The number of fused-ring (bicyclic) bond motifs is 1. The quantitative estimate of drug-likeness (QED) is 0.841. The molecule has 0 aliphatic heterocycles. The van der Waals surface area contributed by atoms with Crippen LogP contribution in [0.2, 0.25) is 5.02 Å². The summed E-state index contributed by atoms with van der Waals surface area (Å²) >= 11 is 7.22. The third-order valence-corrected chi connectivity index (χ3v) is 5.58. The average molecular weight is 364 g/mol. The summed E-state index contributed by atoms with van der Waals surface area (Å²) in [6, 6.07) is 4.12. The van der Waals surface area contributed by atoms with Gasteiger partial charge in [0.15, 0.2) is 10.8 Å². The van der Waals surface area contributed by atoms with Crippen LogP contribution in [-0.2, 0) is 4.79 Å². The summed E-state index contributed by atoms with van der Waals surface area (Å²) in [7, 11) is 1.73. The lowest BCUT2D eigenvalue weighted by Gasteiger charge is -2.39. The number of aromatic nitrogens is 3. The average Bonchev–Trinajstić information content (AvgIpc) is 3.01. The van der Waals surface area contributed by atoms with Crippen molar-refractivity contribution in [3.63, 3.8) is 0 Å². The first-order valence-electron chi connectivity index (χ1n) is 7.86. The number of nitrogens with zero attached hydrogens (tertiary/aromatic N) is 4. The lowest BCUT2D eigenvalue weighted by molar-refractivity contribution is -0.131. The molecule has 2 aromatic rings. The highest BCUT2D eigenvalue weighted by Gasteiger charge is 2.38. The number of H-pyrrole nitrogens is 1. The Morgan fingerprint density at radius 1 is 1.50 bits per heavy atom. The molecule has 1 N–H and O–H groups in total. The first kappa shape index (κ1) is 17.1. The largest absolute Gasteiger partial charge is 0.331 e. The number of pyridine rings is 1. The Morgan fingerprint density at radius 2 is 2.25 bits per heavy atom. The van der Waals surface area contributed by atoms with E-state index in [9.17, 15) is 10.1 Å². The lowest BCUT2D eigenvalue weighted by atomic mass is 9.81. The van der Waals surface area contributed by atoms with E-state index < -0.39 is 5.54 Å². The number of amides is 1. The van der Waals surface area contributed by atoms with Gasteiger partial charge < -0.3 is 9.88 Å². The molecule has 0 aromatic carbocycles. The highest BCUT2D eigenvalue weighted by molar-refractivity contribution is 7.99. The standard InChI is InChI=1S/C16H18ClN5OS/c1-22(16(10-18)5-3-2-4-6-16)13(23)9-24-15-20-12-7-11(17)8-19-14(12)21-15/h7-8H,2-6,9H2,1H3,(H,19,20,21). The van der Waals surface area contributed by atoms with Crippen LogP contribution >= 0.6 is 23.4 Å². The normalized spacial score (nSPS) is 16.7. The summed E-state index contributed by atoms with van der Waals surface area (Å²) in [6.07, 6.45) is 6.17. The summed E-state index contributed by atoms with van der Waals surface area (Å²) in [6.45, 7) is 0. The van der Waals surface area contributed by atoms with Crippen LogP contribution in [0.4, 0.5) is 0 Å². The minimum absolute atomic E-state index is 0.0603. The van der Waals surface area contributed by atoms with Gasteiger partial charge in [-0.1, -0.05) is 42.6 Å². The first-order chi connectivity index (χ1) is 11.5. The number of nitriles is 1. The zero-order chi connectivity index (χ0) is 17.2. The van der Waals surface area contributed by atoms with Gasteiger partial charge in [-0.15, -0.1) is 0 Å². The minimum atomic E-state index is -0.654. The van der Waals surface area contributed by atoms with Gasteiger partial charge in [0.1, 0.15) is 5.54 Å². The van der Waals surface area contributed by atoms with Crippen molar-refractivity contribution in [3.8, 4) is 6.07 Å². The highest BCUT2D eigenvalue weighted by Crippen LogP contribution is 2.33. The smallest absolute Gasteiger partial charge is 0.234 e. The van der Waals surface area contributed by atoms with Gasteiger partial charge in [0, 0.05) is 13.2 Å². The molecular weight excluding hydrogens is 346 g/mol. The summed E-state index contributed by atoms with van der Waals surface area (Å²) in [5.74, 6) is 0.169. The maximum Gasteiger partial charge on any atom is 0.234 e. The van der Waals surface area contributed by atoms with Crippen LogP contribution in [0.25, 0.3) is 11.2 Å². The molecule has 1 aliphatic rings. The monoisotopic (exact) mass is 363 g/mol. The maximum absolute atomic E-state index is 12.5. The van der Waals surface area contributed by atoms with E-state index in [1.54, 1.807) is 18.0 Å². The Morgan fingerprint density at radius 3 is 2.96 bits per heavy atom. The Bertz CT molecular complexity index is 793. The van der Waals surface area contributed by atoms with Gasteiger partial charge >= 0.3 is 0 Å². The van der Waals surface area contributed by atoms with Crippen LogP contribution in [0.1, 0.15) is 32.1 Å². The van der Waals surface area contributed by atoms with Gasteiger partial charge in [0.2, 0.25) is 5.91 Å². The fourth-order valence-electron chi connectivity index (χ4n) is 3.05. The molecule has 0 unspecified atom stereocenters. The molecule has 1 saturated carbocycles. The van der Waals surface area contributed by atoms with Crippen LogP contribution < -0.4 is 0 Å². The van der Waals surface area contributed by atoms with Gasteiger partial charge in [0.05, 0.1) is 22.4 Å². The molecule has 24 heavy (non-hydrogen) atoms. The van der Waals surface area contributed by atoms with E-state index in [1.807, 2.05) is 0 Å². The molecule has 0 saturated heterocycles. The Kier molecular flexibility index (Phi) is 4.97. The predicted molar refractivity (Wildman–Crippen MR) is 93.8 cm³/mol. The molecule has 6 nitrogen and oxygen atoms in total. The molecular formula is C16H18ClN5OS. The summed E-state index contributed by atoms with van der Waals surface area (Å²) in [5.41, 5.74) is 0.661. The van der Waals surface area contributed by atoms with Crippen LogP contribution in [0, 0.1) is 11.3 Å². The van der Waals surface area contributed by atoms with Crippen molar-refractivity contribution in [2.45, 2.75) is 42.8 Å². The molecule has 0 radical (unpaired) electrons. The Labute approximate surface area is 149 Å². The number of carbonyl (C=O) groups is 1. The van der Waals surface area contributed by atoms with E-state index in [0.717, 1.165) is 37.6 Å². The van der Waals surface area contributed by atoms with Crippen molar-refractivity contribution in [3.05, 3.63) is 17.3 Å². The molecule has 1 fully saturated rings. The topological polar surface area (TPSA) is 85.7 Å². The molecule has 1 amide bonds. The Balaban J connectivity index is 1.66. The minimum Gasteiger partial charge on any atom is -0.331 e. The van der Waals surface area contributed by atoms with Gasteiger partial charge in [-0.05, 0) is 18.9 Å². The van der Waals surface area contributed by atoms with E-state index in [4.69, 9.17) is 11.6 Å². The molecule has 2 heterocycles. The van der Waals surface area contributed by atoms with Crippen molar-refractivity contribution in [1.82, 2.24) is 19.9 Å². The maximum atomic E-state index is 12.5. The molecule has 2 aromatic heterocycles. The van der Waals surface area contributed by atoms with Gasteiger partial charge in [-0.3, -0.25) is 4.79 Å². The summed E-state index contributed by atoms with van der Waals surface area (Å²) in [5, 5.41) is 10.7. The van der Waals surface area contributed by atoms with Gasteiger partial charge in [-0.25, -0.2) is 9.97 Å². The SMILES string of the molecule is CN(C(=O)CSc1nc2ncc(Cl)cc2[nH]1)C1(C#N)CCCCC1. The van der Waals surface area contributed by atoms with E-state index in [2.05, 4.69) is 21.0 Å². The van der Waals surface area contributed by atoms with Crippen molar-refractivity contribution in [2.75, 3.05) is 12.8 Å². The van der Waals surface area contributed by atoms with Crippen molar-refractivity contribution >= 4 is 40.4 Å². The van der Waals surface area contributed by atoms with E-state index in [1.165, 1.54) is 18.0 Å². The number of nitrogens with one attached hydrogen (secondary N) is 1. The van der Waals surface area contributed by atoms with Gasteiger partial charge in [0.25, 0.3) is 0 Å². The van der Waals surface area contributed by atoms with Gasteiger partial charge in [-0.2, -0.15) is 5.26 Å². The summed E-state index contributed by atoms with van der Waals surface area (Å²) in [4.78, 5) is 25.7. The van der Waals surface area contributed by atoms with Crippen molar-refractivity contribution in [2.24, 2.45) is 0 Å². The zero-order valence-electron chi connectivity index (χ0n) is 13.4. The molecule has 0 bridgehead atoms. The highest BCUT2D eigenvalue weighted by atomic mass is 35.5. The number of thioether (sulfide) groups is 1. The fourth-order valence-corrected chi connectivity index (χ4v) is 3.99. The van der Waals surface area contributed by atoms with Crippen LogP contribution in [-0.4, -0.2) is 44.1 Å². The molecule has 1 aliphatic carbocycles. The Hall–Kier alpha value is -1.78. The van der Waals surface area contributed by atoms with E-state index in [-0.39, 0.29) is 11.7 Å². The second-order valence-electron chi connectivity index (χ2n) is 6.01. The molecule has 3 rings (SSSR count). The molecule has 126 valence electrons. The number of carbonyl (C=O) groups excluding carboxylic acids is 1. The van der Waals surface area contributed by atoms with E-state index in [0.29, 0.717) is 15.8 Å². The van der Waals surface area contributed by atoms with Crippen LogP contribution in [0.3, 0.4) is 0 Å². The van der Waals surface area contributed by atoms with Crippen LogP contribution in [0.5, 0.6) is 0 Å².